The van der Waals surface area contributed by atoms with Crippen LogP contribution in [0.3, 0.4) is 0 Å². The van der Waals surface area contributed by atoms with Crippen molar-refractivity contribution in [2.45, 2.75) is 0 Å². The molecule has 0 spiro atoms. The first-order valence-electron chi connectivity index (χ1n) is 0.730. The largest absolute Gasteiger partial charge is 4.00 e. The van der Waals surface area contributed by atoms with Gasteiger partial charge in [-0.25, -0.2) is 0 Å². The molecule has 0 N–H and O–H groups in total. The second-order valence-corrected chi connectivity index (χ2v) is 1.34. The van der Waals surface area contributed by atoms with Gasteiger partial charge in [-0.3, -0.25) is 0 Å². The van der Waals surface area contributed by atoms with Crippen LogP contribution in [0.4, 0.5) is 0 Å². The third-order valence-corrected chi connectivity index (χ3v) is 0. The molecule has 45 valence electrons. The Morgan fingerprint density at radius 3 is 1.12 bits per heavy atom. The zero-order chi connectivity index (χ0) is 4.50. The van der Waals surface area contributed by atoms with Crippen molar-refractivity contribution in [1.29, 1.82) is 0 Å². The van der Waals surface area contributed by atoms with Crippen LogP contribution in [0.15, 0.2) is 0 Å². The van der Waals surface area contributed by atoms with E-state index in [1.165, 1.54) is 0 Å². The average Bonchev–Trinajstić information content (AvgIpc) is 0.722. The van der Waals surface area contributed by atoms with Crippen LogP contribution in [0.2, 0.25) is 0 Å². The van der Waals surface area contributed by atoms with Crippen LogP contribution in [0.1, 0.15) is 0 Å². The molecular formula is NiO4PTiV+3. The van der Waals surface area contributed by atoms with Gasteiger partial charge in [0.15, 0.2) is 0 Å². The SMILES string of the molecule is O=P([O-])([O-])[O-].[Ni+2].[Ti+4].[V]. The van der Waals surface area contributed by atoms with Gasteiger partial charge >= 0.3 is 38.2 Å². The molecule has 0 bridgehead atoms. The number of hydrogen-bond acceptors (Lipinski definition) is 4. The molecule has 0 aromatic heterocycles. The van der Waals surface area contributed by atoms with Gasteiger partial charge in [0.25, 0.3) is 0 Å². The van der Waals surface area contributed by atoms with Crippen LogP contribution in [0.5, 0.6) is 0 Å². The molecule has 0 amide bonds. The van der Waals surface area contributed by atoms with Gasteiger partial charge in [-0.2, -0.15) is 7.82 Å². The van der Waals surface area contributed by atoms with Crippen LogP contribution in [0, 0.1) is 0 Å². The first kappa shape index (κ1) is 22.5. The van der Waals surface area contributed by atoms with Crippen LogP contribution in [-0.2, 0) is 61.3 Å². The van der Waals surface area contributed by atoms with E-state index in [4.69, 9.17) is 19.2 Å². The smallest absolute Gasteiger partial charge is 0.822 e. The van der Waals surface area contributed by atoms with Gasteiger partial charge in [0.2, 0.25) is 0 Å². The first-order valence-corrected chi connectivity index (χ1v) is 2.19. The van der Waals surface area contributed by atoms with Gasteiger partial charge in [-0.15, -0.1) is 0 Å². The third-order valence-electron chi connectivity index (χ3n) is 0. The molecule has 0 atom stereocenters. The first-order chi connectivity index (χ1) is 2.00. The van der Waals surface area contributed by atoms with Crippen molar-refractivity contribution < 1.29 is 76.0 Å². The Kier molecular flexibility index (Phi) is 25.1. The van der Waals surface area contributed by atoms with E-state index in [2.05, 4.69) is 0 Å². The fourth-order valence-corrected chi connectivity index (χ4v) is 0. The predicted molar refractivity (Wildman–Crippen MR) is 7.61 cm³/mol. The fraction of sp³-hybridized carbons (Fsp3) is 0. The van der Waals surface area contributed by atoms with Crippen LogP contribution < -0.4 is 14.7 Å². The Morgan fingerprint density at radius 1 is 1.12 bits per heavy atom. The van der Waals surface area contributed by atoms with E-state index in [1.54, 1.807) is 0 Å². The summed E-state index contributed by atoms with van der Waals surface area (Å²) < 4.78 is 8.55. The van der Waals surface area contributed by atoms with Crippen LogP contribution >= 0.6 is 7.82 Å². The third kappa shape index (κ3) is 104. The molecule has 8 heteroatoms. The monoisotopic (exact) mass is 252 g/mol. The van der Waals surface area contributed by atoms with Crippen molar-refractivity contribution in [1.82, 2.24) is 0 Å². The molecular weight excluding hydrogens is 252 g/mol. The van der Waals surface area contributed by atoms with Crippen molar-refractivity contribution >= 4 is 7.82 Å². The molecule has 8 heavy (non-hydrogen) atoms. The van der Waals surface area contributed by atoms with E-state index >= 15 is 0 Å². The van der Waals surface area contributed by atoms with Crippen LogP contribution in [0.25, 0.3) is 0 Å². The van der Waals surface area contributed by atoms with Crippen molar-refractivity contribution in [3.8, 4) is 0 Å². The summed E-state index contributed by atoms with van der Waals surface area (Å²) in [5.41, 5.74) is 0. The Hall–Kier alpha value is 1.90. The molecule has 0 saturated heterocycles. The predicted octanol–water partition coefficient (Wildman–Crippen LogP) is -2.83. The van der Waals surface area contributed by atoms with Gasteiger partial charge in [-0.05, 0) is 0 Å². The zero-order valence-electron chi connectivity index (χ0n) is 3.34. The summed E-state index contributed by atoms with van der Waals surface area (Å²) in [5.74, 6) is 0. The number of rotatable bonds is 0. The van der Waals surface area contributed by atoms with Gasteiger partial charge in [0, 0.05) is 18.6 Å². The average molecular weight is 252 g/mol. The molecule has 0 rings (SSSR count). The van der Waals surface area contributed by atoms with E-state index in [-0.39, 0.29) is 56.8 Å². The summed E-state index contributed by atoms with van der Waals surface area (Å²) in [6, 6.07) is 0. The quantitative estimate of drug-likeness (QED) is 0.343. The van der Waals surface area contributed by atoms with E-state index in [0.29, 0.717) is 0 Å². The summed E-state index contributed by atoms with van der Waals surface area (Å²) in [4.78, 5) is 25.6. The molecule has 0 aliphatic rings. The minimum absolute atomic E-state index is 0. The molecule has 0 fully saturated rings. The maximum atomic E-state index is 8.55. The second-order valence-electron chi connectivity index (χ2n) is 0.447. The summed E-state index contributed by atoms with van der Waals surface area (Å²) in [6.07, 6.45) is 0. The molecule has 0 heterocycles. The Bertz CT molecular complexity index is 62.2. The Morgan fingerprint density at radius 2 is 1.12 bits per heavy atom. The topological polar surface area (TPSA) is 86.2 Å². The maximum Gasteiger partial charge on any atom is 4.00 e. The standard InChI is InChI=1S/Ni.H3O4P.Ti.V/c;1-5(2,3)4;;/h;(H3,1,2,3,4);;/q+2;;+4;/p-3. The molecule has 0 aromatic carbocycles. The number of hydrogen-bond donors (Lipinski definition) is 0. The Labute approximate surface area is 83.4 Å². The molecule has 0 unspecified atom stereocenters. The van der Waals surface area contributed by atoms with E-state index < -0.39 is 7.82 Å². The van der Waals surface area contributed by atoms with Crippen molar-refractivity contribution in [2.24, 2.45) is 0 Å². The second kappa shape index (κ2) is 8.90. The molecule has 4 nitrogen and oxygen atoms in total. The van der Waals surface area contributed by atoms with E-state index in [0.717, 1.165) is 0 Å². The van der Waals surface area contributed by atoms with Gasteiger partial charge in [0.05, 0.1) is 0 Å². The summed E-state index contributed by atoms with van der Waals surface area (Å²) in [6.45, 7) is 0. The van der Waals surface area contributed by atoms with Crippen molar-refractivity contribution in [2.75, 3.05) is 0 Å². The number of phosphoric acid groups is 1. The summed E-state index contributed by atoms with van der Waals surface area (Å²) in [5, 5.41) is 0. The molecule has 0 aliphatic heterocycles. The minimum Gasteiger partial charge on any atom is -0.822 e. The normalized spacial score (nSPS) is 7.38. The van der Waals surface area contributed by atoms with Crippen LogP contribution in [-0.4, -0.2) is 0 Å². The van der Waals surface area contributed by atoms with Gasteiger partial charge in [-0.1, -0.05) is 0 Å². The van der Waals surface area contributed by atoms with Crippen molar-refractivity contribution in [3.63, 3.8) is 0 Å². The molecule has 0 saturated carbocycles. The molecule has 1 radical (unpaired) electrons. The van der Waals surface area contributed by atoms with Crippen molar-refractivity contribution in [3.05, 3.63) is 0 Å². The Balaban J connectivity index is -0.0000000267. The van der Waals surface area contributed by atoms with E-state index in [1.807, 2.05) is 0 Å². The van der Waals surface area contributed by atoms with Gasteiger partial charge in [0.1, 0.15) is 0 Å². The maximum absolute atomic E-state index is 8.55. The summed E-state index contributed by atoms with van der Waals surface area (Å²) in [7, 11) is -5.39. The minimum atomic E-state index is -5.39. The summed E-state index contributed by atoms with van der Waals surface area (Å²) >= 11 is 0. The molecule has 0 aromatic rings. The fourth-order valence-electron chi connectivity index (χ4n) is 0. The van der Waals surface area contributed by atoms with Gasteiger partial charge < -0.3 is 19.2 Å². The molecule has 0 aliphatic carbocycles. The zero-order valence-corrected chi connectivity index (χ0v) is 8.18. The van der Waals surface area contributed by atoms with E-state index in [9.17, 15) is 0 Å².